The molecule has 0 atom stereocenters. The van der Waals surface area contributed by atoms with Crippen LogP contribution >= 0.6 is 0 Å². The third-order valence-corrected chi connectivity index (χ3v) is 7.95. The van der Waals surface area contributed by atoms with Crippen molar-refractivity contribution < 1.29 is 0 Å². The summed E-state index contributed by atoms with van der Waals surface area (Å²) in [5, 5.41) is 0. The Morgan fingerprint density at radius 3 is 1.89 bits per heavy atom. The van der Waals surface area contributed by atoms with Crippen molar-refractivity contribution in [2.45, 2.75) is 110 Å². The molecule has 0 heteroatoms. The van der Waals surface area contributed by atoms with Crippen LogP contribution in [0.4, 0.5) is 0 Å². The van der Waals surface area contributed by atoms with Gasteiger partial charge < -0.3 is 0 Å². The van der Waals surface area contributed by atoms with Crippen molar-refractivity contribution in [3.63, 3.8) is 0 Å². The van der Waals surface area contributed by atoms with E-state index in [0.29, 0.717) is 0 Å². The molecule has 0 spiro atoms. The number of unbranched alkanes of at least 4 members (excludes halogenated alkanes) is 10. The summed E-state index contributed by atoms with van der Waals surface area (Å²) in [6, 6.07) is 23.0. The Morgan fingerprint density at radius 1 is 0.571 bits per heavy atom. The monoisotopic (exact) mass is 466 g/mol. The van der Waals surface area contributed by atoms with Crippen LogP contribution in [0.25, 0.3) is 22.3 Å². The molecule has 3 aromatic rings. The second-order valence-corrected chi connectivity index (χ2v) is 10.7. The molecular formula is C35H46. The summed E-state index contributed by atoms with van der Waals surface area (Å²) in [4.78, 5) is 0. The molecule has 0 amide bonds. The average Bonchev–Trinajstić information content (AvgIpc) is 3.26. The minimum Gasteiger partial charge on any atom is -0.0654 e. The summed E-state index contributed by atoms with van der Waals surface area (Å²) in [6.45, 7) is 4.62. The number of hydrogen-bond acceptors (Lipinski definition) is 0. The number of benzene rings is 3. The fourth-order valence-corrected chi connectivity index (χ4v) is 6.02. The molecule has 0 aromatic heterocycles. The number of fused-ring (bicyclic) bond motifs is 3. The summed E-state index contributed by atoms with van der Waals surface area (Å²) < 4.78 is 0. The molecule has 0 saturated heterocycles. The molecular weight excluding hydrogens is 420 g/mol. The van der Waals surface area contributed by atoms with E-state index in [9.17, 15) is 0 Å². The third-order valence-electron chi connectivity index (χ3n) is 7.95. The maximum Gasteiger partial charge on any atom is -0.000718 e. The van der Waals surface area contributed by atoms with Crippen LogP contribution in [-0.4, -0.2) is 0 Å². The van der Waals surface area contributed by atoms with Crippen molar-refractivity contribution in [2.24, 2.45) is 0 Å². The van der Waals surface area contributed by atoms with E-state index in [1.807, 2.05) is 0 Å². The fourth-order valence-electron chi connectivity index (χ4n) is 6.02. The van der Waals surface area contributed by atoms with Gasteiger partial charge in [-0.25, -0.2) is 0 Å². The normalized spacial score (nSPS) is 12.1. The third kappa shape index (κ3) is 6.66. The summed E-state index contributed by atoms with van der Waals surface area (Å²) in [5.41, 5.74) is 12.3. The lowest BCUT2D eigenvalue weighted by Gasteiger charge is -2.21. The number of aryl methyl sites for hydroxylation is 1. The van der Waals surface area contributed by atoms with Crippen LogP contribution in [0.15, 0.2) is 60.7 Å². The van der Waals surface area contributed by atoms with Gasteiger partial charge in [0.1, 0.15) is 0 Å². The highest BCUT2D eigenvalue weighted by Crippen LogP contribution is 2.45. The molecule has 0 radical (unpaired) electrons. The van der Waals surface area contributed by atoms with E-state index < -0.39 is 0 Å². The Hall–Kier alpha value is -2.34. The molecule has 0 fully saturated rings. The van der Waals surface area contributed by atoms with Crippen molar-refractivity contribution in [3.05, 3.63) is 82.9 Å². The summed E-state index contributed by atoms with van der Waals surface area (Å²) in [5.74, 6) is 0. The van der Waals surface area contributed by atoms with Crippen LogP contribution in [0.5, 0.6) is 0 Å². The highest BCUT2D eigenvalue weighted by molar-refractivity contribution is 5.87. The van der Waals surface area contributed by atoms with E-state index >= 15 is 0 Å². The van der Waals surface area contributed by atoms with Crippen LogP contribution in [0.3, 0.4) is 0 Å². The van der Waals surface area contributed by atoms with E-state index in [0.717, 1.165) is 6.42 Å². The van der Waals surface area contributed by atoms with Gasteiger partial charge in [0.2, 0.25) is 0 Å². The van der Waals surface area contributed by atoms with Gasteiger partial charge >= 0.3 is 0 Å². The molecule has 4 rings (SSSR count). The number of hydrogen-bond donors (Lipinski definition) is 0. The van der Waals surface area contributed by atoms with E-state index in [-0.39, 0.29) is 0 Å². The second-order valence-electron chi connectivity index (χ2n) is 10.7. The van der Waals surface area contributed by atoms with Crippen LogP contribution in [-0.2, 0) is 19.3 Å². The first-order valence-electron chi connectivity index (χ1n) is 14.6. The topological polar surface area (TPSA) is 0 Å². The minimum atomic E-state index is 1.08. The van der Waals surface area contributed by atoms with Gasteiger partial charge in [-0.1, -0.05) is 139 Å². The highest BCUT2D eigenvalue weighted by atomic mass is 14.3. The van der Waals surface area contributed by atoms with Crippen molar-refractivity contribution in [1.82, 2.24) is 0 Å². The molecule has 0 heterocycles. The van der Waals surface area contributed by atoms with Gasteiger partial charge in [0.05, 0.1) is 0 Å². The Bertz CT molecular complexity index is 1040. The molecule has 0 N–H and O–H groups in total. The predicted molar refractivity (Wildman–Crippen MR) is 154 cm³/mol. The standard InChI is InChI=1S/C35H46/c1-3-5-7-9-11-14-22-30-26-33-31-24-19-18-23-29(31)27-34(33)35(28-20-15-13-16-21-28)32(30)25-17-12-10-8-6-4-2/h13,15-16,18-21,23-24,26H,3-12,14,17,22,25,27H2,1-2H3. The molecule has 0 aliphatic heterocycles. The van der Waals surface area contributed by atoms with Crippen LogP contribution in [0.1, 0.15) is 113 Å². The Balaban J connectivity index is 1.66. The molecule has 1 aliphatic rings. The predicted octanol–water partition coefficient (Wildman–Crippen LogP) is 10.7. The second kappa shape index (κ2) is 13.7. The maximum atomic E-state index is 2.60. The minimum absolute atomic E-state index is 1.08. The maximum absolute atomic E-state index is 2.60. The van der Waals surface area contributed by atoms with E-state index in [4.69, 9.17) is 0 Å². The van der Waals surface area contributed by atoms with Gasteiger partial charge in [-0.2, -0.15) is 0 Å². The summed E-state index contributed by atoms with van der Waals surface area (Å²) in [6.07, 6.45) is 19.9. The zero-order valence-electron chi connectivity index (χ0n) is 22.4. The lowest BCUT2D eigenvalue weighted by atomic mass is 9.84. The first-order chi connectivity index (χ1) is 17.3. The lowest BCUT2D eigenvalue weighted by Crippen LogP contribution is -2.03. The zero-order valence-corrected chi connectivity index (χ0v) is 22.4. The first kappa shape index (κ1) is 25.7. The molecule has 0 nitrogen and oxygen atoms in total. The van der Waals surface area contributed by atoms with Crippen LogP contribution < -0.4 is 0 Å². The van der Waals surface area contributed by atoms with Crippen molar-refractivity contribution >= 4 is 0 Å². The molecule has 0 unspecified atom stereocenters. The van der Waals surface area contributed by atoms with Gasteiger partial charge in [-0.15, -0.1) is 0 Å². The van der Waals surface area contributed by atoms with Crippen molar-refractivity contribution in [1.29, 1.82) is 0 Å². The zero-order chi connectivity index (χ0) is 24.3. The molecule has 35 heavy (non-hydrogen) atoms. The Morgan fingerprint density at radius 2 is 1.17 bits per heavy atom. The Kier molecular flexibility index (Phi) is 10.1. The smallest absolute Gasteiger partial charge is 0.000718 e. The SMILES string of the molecule is CCCCCCCCc1cc2c(c(-c3ccccc3)c1CCCCCCCC)Cc1ccccc1-2. The van der Waals surface area contributed by atoms with E-state index in [1.165, 1.54) is 112 Å². The summed E-state index contributed by atoms with van der Waals surface area (Å²) >= 11 is 0. The molecule has 186 valence electrons. The van der Waals surface area contributed by atoms with Crippen LogP contribution in [0.2, 0.25) is 0 Å². The molecule has 3 aromatic carbocycles. The van der Waals surface area contributed by atoms with Gasteiger partial charge in [-0.05, 0) is 76.6 Å². The summed E-state index contributed by atoms with van der Waals surface area (Å²) in [7, 11) is 0. The van der Waals surface area contributed by atoms with Gasteiger partial charge in [0.25, 0.3) is 0 Å². The number of rotatable bonds is 15. The Labute approximate surface area is 215 Å². The lowest BCUT2D eigenvalue weighted by molar-refractivity contribution is 0.599. The van der Waals surface area contributed by atoms with Gasteiger partial charge in [0, 0.05) is 0 Å². The van der Waals surface area contributed by atoms with Crippen molar-refractivity contribution in [3.8, 4) is 22.3 Å². The average molecular weight is 467 g/mol. The molecule has 1 aliphatic carbocycles. The van der Waals surface area contributed by atoms with E-state index in [2.05, 4.69) is 74.5 Å². The quantitative estimate of drug-likeness (QED) is 0.153. The highest BCUT2D eigenvalue weighted by Gasteiger charge is 2.25. The van der Waals surface area contributed by atoms with Gasteiger partial charge in [-0.3, -0.25) is 0 Å². The van der Waals surface area contributed by atoms with Crippen molar-refractivity contribution in [2.75, 3.05) is 0 Å². The largest absolute Gasteiger partial charge is 0.0654 e. The fraction of sp³-hybridized carbons (Fsp3) is 0.486. The van der Waals surface area contributed by atoms with Gasteiger partial charge in [0.15, 0.2) is 0 Å². The van der Waals surface area contributed by atoms with Crippen LogP contribution in [0, 0.1) is 0 Å². The molecule has 0 bridgehead atoms. The first-order valence-corrected chi connectivity index (χ1v) is 14.6. The van der Waals surface area contributed by atoms with E-state index in [1.54, 1.807) is 22.3 Å². The molecule has 0 saturated carbocycles.